The van der Waals surface area contributed by atoms with E-state index in [-0.39, 0.29) is 0 Å². The molecule has 1 aliphatic rings. The quantitative estimate of drug-likeness (QED) is 0.253. The molecule has 7 nitrogen and oxygen atoms in total. The van der Waals surface area contributed by atoms with E-state index < -0.39 is 29.2 Å². The molecule has 0 radical (unpaired) electrons. The van der Waals surface area contributed by atoms with Crippen LogP contribution in [0.1, 0.15) is 12.8 Å². The topological polar surface area (TPSA) is 104 Å². The molecule has 0 aromatic rings. The summed E-state index contributed by atoms with van der Waals surface area (Å²) in [6.07, 6.45) is 1.01. The van der Waals surface area contributed by atoms with E-state index in [2.05, 4.69) is 5.32 Å². The molecular weight excluding hydrogens is 478 g/mol. The number of alkyl halides is 1. The van der Waals surface area contributed by atoms with Gasteiger partial charge in [0.1, 0.15) is 6.04 Å². The Balaban J connectivity index is 2.72. The monoisotopic (exact) mass is 488 g/mol. The molecule has 1 rings (SSSR count). The van der Waals surface area contributed by atoms with E-state index in [1.165, 1.54) is 21.2 Å². The zero-order chi connectivity index (χ0) is 13.2. The third kappa shape index (κ3) is 4.17. The molecule has 1 fully saturated rings. The Hall–Kier alpha value is 0.310. The number of carboxylic acid groups (broad SMARTS) is 1. The van der Waals surface area contributed by atoms with Gasteiger partial charge in [0.15, 0.2) is 4.05 Å². The fraction of sp³-hybridized carbons (Fsp3) is 0.714. The molecule has 2 N–H and O–H groups in total. The summed E-state index contributed by atoms with van der Waals surface area (Å²) in [6.45, 7) is 0.294. The lowest BCUT2D eigenvalue weighted by molar-refractivity contribution is -0.139. The molecule has 0 aromatic carbocycles. The number of hydrogen-bond acceptors (Lipinski definition) is 4. The van der Waals surface area contributed by atoms with Gasteiger partial charge < -0.3 is 10.4 Å². The molecule has 2 unspecified atom stereocenters. The molecule has 1 amide bonds. The van der Waals surface area contributed by atoms with Crippen LogP contribution in [-0.4, -0.2) is 46.3 Å². The van der Waals surface area contributed by atoms with E-state index >= 15 is 0 Å². The Labute approximate surface area is 124 Å². The molecule has 1 aliphatic heterocycles. The van der Waals surface area contributed by atoms with Crippen molar-refractivity contribution < 1.29 is 23.1 Å². The molecule has 0 aliphatic carbocycles. The van der Waals surface area contributed by atoms with Gasteiger partial charge in [0.25, 0.3) is 7.19 Å². The van der Waals surface area contributed by atoms with Crippen LogP contribution in [0.2, 0.25) is 0 Å². The van der Waals surface area contributed by atoms with Gasteiger partial charge in [0.05, 0.1) is 21.2 Å². The Morgan fingerprint density at radius 1 is 1.47 bits per heavy atom. The van der Waals surface area contributed by atoms with Crippen LogP contribution in [0.5, 0.6) is 0 Å². The number of nitrogens with zero attached hydrogens (tertiary/aromatic N) is 1. The summed E-state index contributed by atoms with van der Waals surface area (Å²) < 4.78 is 22.8. The van der Waals surface area contributed by atoms with Gasteiger partial charge in [-0.3, -0.25) is 4.79 Å². The number of nitrogens with one attached hydrogen (secondary N) is 1. The number of carbonyl (C=O) groups excluding carboxylic acids is 1. The van der Waals surface area contributed by atoms with Crippen LogP contribution in [0.15, 0.2) is 0 Å². The number of rotatable bonds is 4. The molecule has 0 aromatic heterocycles. The molecule has 0 saturated carbocycles. The van der Waals surface area contributed by atoms with E-state index in [0.717, 1.165) is 4.31 Å². The highest BCUT2D eigenvalue weighted by molar-refractivity contribution is 14.2. The van der Waals surface area contributed by atoms with Crippen LogP contribution in [0, 0.1) is 0 Å². The number of hydrogen-bond donors (Lipinski definition) is 2. The van der Waals surface area contributed by atoms with Crippen molar-refractivity contribution in [2.24, 2.45) is 0 Å². The molecule has 98 valence electrons. The van der Waals surface area contributed by atoms with Crippen LogP contribution in [0.3, 0.4) is 0 Å². The minimum absolute atomic E-state index is 0.294. The van der Waals surface area contributed by atoms with E-state index in [1.54, 1.807) is 22.6 Å². The maximum atomic E-state index is 11.7. The third-order valence-electron chi connectivity index (χ3n) is 2.27. The molecular formula is C7H10I2N2O5S. The van der Waals surface area contributed by atoms with E-state index in [4.69, 9.17) is 5.11 Å². The standard InChI is InChI=1S/C7H10I2N2O5S/c8-5(7(13)14)10-6(12)4-2-1-3-11(4)17(9,15)16/h4-5H,1-3H2,(H,10,12)(H,13,14). The van der Waals surface area contributed by atoms with Crippen molar-refractivity contribution in [3.8, 4) is 0 Å². The smallest absolute Gasteiger partial charge is 0.336 e. The maximum Gasteiger partial charge on any atom is 0.336 e. The highest BCUT2D eigenvalue weighted by atomic mass is 127. The molecule has 0 spiro atoms. The second kappa shape index (κ2) is 5.97. The number of aliphatic carboxylic acids is 1. The fourth-order valence-corrected chi connectivity index (χ4v) is 4.12. The van der Waals surface area contributed by atoms with Gasteiger partial charge in [0, 0.05) is 6.54 Å². The van der Waals surface area contributed by atoms with Gasteiger partial charge >= 0.3 is 5.97 Å². The Morgan fingerprint density at radius 3 is 2.53 bits per heavy atom. The highest BCUT2D eigenvalue weighted by Gasteiger charge is 2.38. The lowest BCUT2D eigenvalue weighted by Gasteiger charge is -2.21. The van der Waals surface area contributed by atoms with Crippen LogP contribution >= 0.6 is 43.8 Å². The first kappa shape index (κ1) is 15.4. The molecule has 1 heterocycles. The largest absolute Gasteiger partial charge is 0.479 e. The minimum Gasteiger partial charge on any atom is -0.479 e. The predicted molar refractivity (Wildman–Crippen MR) is 76.3 cm³/mol. The first-order chi connectivity index (χ1) is 7.73. The number of halogens is 2. The fourth-order valence-electron chi connectivity index (χ4n) is 1.55. The van der Waals surface area contributed by atoms with Crippen molar-refractivity contribution in [1.29, 1.82) is 0 Å². The lowest BCUT2D eigenvalue weighted by atomic mass is 10.2. The molecule has 1 saturated heterocycles. The zero-order valence-electron chi connectivity index (χ0n) is 8.47. The van der Waals surface area contributed by atoms with Gasteiger partial charge in [-0.1, -0.05) is 0 Å². The van der Waals surface area contributed by atoms with Gasteiger partial charge in [-0.05, 0) is 35.4 Å². The summed E-state index contributed by atoms with van der Waals surface area (Å²) in [6, 6.07) is -0.798. The second-order valence-corrected chi connectivity index (χ2v) is 9.30. The molecule has 17 heavy (non-hydrogen) atoms. The second-order valence-electron chi connectivity index (χ2n) is 3.42. The Kier molecular flexibility index (Phi) is 5.39. The van der Waals surface area contributed by atoms with Gasteiger partial charge in [-0.2, -0.15) is 4.31 Å². The van der Waals surface area contributed by atoms with Crippen molar-refractivity contribution >= 4 is 62.9 Å². The Morgan fingerprint density at radius 2 is 2.06 bits per heavy atom. The van der Waals surface area contributed by atoms with Crippen molar-refractivity contribution in [3.05, 3.63) is 0 Å². The van der Waals surface area contributed by atoms with Crippen molar-refractivity contribution in [3.63, 3.8) is 0 Å². The third-order valence-corrected chi connectivity index (χ3v) is 5.63. The summed E-state index contributed by atoms with van der Waals surface area (Å²) >= 11 is 2.83. The number of carbonyl (C=O) groups is 2. The van der Waals surface area contributed by atoms with E-state index in [1.807, 2.05) is 0 Å². The van der Waals surface area contributed by atoms with E-state index in [9.17, 15) is 18.0 Å². The SMILES string of the molecule is O=C(O)C(I)NC(=O)C1CCCN1S(=O)(=O)I. The van der Waals surface area contributed by atoms with Gasteiger partial charge in [0.2, 0.25) is 5.91 Å². The van der Waals surface area contributed by atoms with Crippen molar-refractivity contribution in [1.82, 2.24) is 9.62 Å². The van der Waals surface area contributed by atoms with Crippen LogP contribution in [0.25, 0.3) is 0 Å². The number of carboxylic acids is 1. The van der Waals surface area contributed by atoms with Crippen LogP contribution in [-0.2, 0) is 16.8 Å². The van der Waals surface area contributed by atoms with Crippen LogP contribution < -0.4 is 5.32 Å². The summed E-state index contributed by atoms with van der Waals surface area (Å²) in [7, 11) is -3.46. The highest BCUT2D eigenvalue weighted by Crippen LogP contribution is 2.24. The van der Waals surface area contributed by atoms with Gasteiger partial charge in [-0.15, -0.1) is 0 Å². The van der Waals surface area contributed by atoms with Gasteiger partial charge in [-0.25, -0.2) is 13.2 Å². The average molecular weight is 488 g/mol. The van der Waals surface area contributed by atoms with Crippen LogP contribution in [0.4, 0.5) is 0 Å². The average Bonchev–Trinajstić information content (AvgIpc) is 2.64. The maximum absolute atomic E-state index is 11.7. The normalized spacial score (nSPS) is 23.3. The zero-order valence-corrected chi connectivity index (χ0v) is 13.6. The summed E-state index contributed by atoms with van der Waals surface area (Å²) in [5, 5.41) is 10.9. The summed E-state index contributed by atoms with van der Waals surface area (Å²) in [5.74, 6) is -1.73. The first-order valence-corrected chi connectivity index (χ1v) is 9.85. The predicted octanol–water partition coefficient (Wildman–Crippen LogP) is 0.0925. The molecule has 10 heteroatoms. The Bertz CT molecular complexity index is 426. The molecule has 2 atom stereocenters. The number of amides is 1. The summed E-state index contributed by atoms with van der Waals surface area (Å²) in [5.41, 5.74) is 0. The minimum atomic E-state index is -3.46. The van der Waals surface area contributed by atoms with Crippen molar-refractivity contribution in [2.45, 2.75) is 22.9 Å². The van der Waals surface area contributed by atoms with E-state index in [0.29, 0.717) is 19.4 Å². The lowest BCUT2D eigenvalue weighted by Crippen LogP contribution is -2.48. The summed E-state index contributed by atoms with van der Waals surface area (Å²) in [4.78, 5) is 22.3. The van der Waals surface area contributed by atoms with Crippen molar-refractivity contribution in [2.75, 3.05) is 6.54 Å². The first-order valence-electron chi connectivity index (χ1n) is 4.62. The molecule has 0 bridgehead atoms.